The minimum Gasteiger partial charge on any atom is -0.372 e. The van der Waals surface area contributed by atoms with E-state index in [0.717, 1.165) is 6.42 Å². The van der Waals surface area contributed by atoms with Crippen molar-refractivity contribution in [3.63, 3.8) is 0 Å². The molecule has 0 bridgehead atoms. The normalized spacial score (nSPS) is 28.8. The van der Waals surface area contributed by atoms with E-state index in [-0.39, 0.29) is 30.3 Å². The summed E-state index contributed by atoms with van der Waals surface area (Å²) in [6, 6.07) is 20.6. The van der Waals surface area contributed by atoms with Crippen LogP contribution in [0, 0.1) is 5.92 Å². The first kappa shape index (κ1) is 19.1. The molecule has 1 aliphatic heterocycles. The molecule has 0 N–H and O–H groups in total. The number of hydrogen-bond donors (Lipinski definition) is 0. The lowest BCUT2D eigenvalue weighted by Gasteiger charge is -2.44. The van der Waals surface area contributed by atoms with E-state index in [4.69, 9.17) is 14.2 Å². The molecule has 0 saturated carbocycles. The van der Waals surface area contributed by atoms with Crippen molar-refractivity contribution in [1.29, 1.82) is 0 Å². The molecule has 1 heterocycles. The minimum atomic E-state index is -0.0601. The molecule has 1 aliphatic rings. The number of benzene rings is 2. The van der Waals surface area contributed by atoms with Gasteiger partial charge in [0.1, 0.15) is 6.10 Å². The van der Waals surface area contributed by atoms with Gasteiger partial charge in [0.25, 0.3) is 0 Å². The molecule has 140 valence electrons. The van der Waals surface area contributed by atoms with Crippen LogP contribution in [-0.2, 0) is 27.4 Å². The number of rotatable bonds is 7. The summed E-state index contributed by atoms with van der Waals surface area (Å²) in [5.41, 5.74) is 2.36. The molecule has 1 fully saturated rings. The molecular weight excluding hydrogens is 324 g/mol. The topological polar surface area (TPSA) is 27.7 Å². The fourth-order valence-electron chi connectivity index (χ4n) is 3.57. The second-order valence-corrected chi connectivity index (χ2v) is 7.17. The standard InChI is InChI=1S/C23H30O3/c1-4-21-23(25-16-20-13-9-6-10-14-20)22(17(2)18(3)26-21)24-15-19-11-7-5-8-12-19/h5-14,17-18,21-23H,4,15-16H2,1-3H3/t17?,18-,21?,22+,23-/m1/s1. The zero-order valence-electron chi connectivity index (χ0n) is 16.0. The summed E-state index contributed by atoms with van der Waals surface area (Å²) >= 11 is 0. The molecule has 2 aromatic carbocycles. The highest BCUT2D eigenvalue weighted by Gasteiger charge is 2.42. The van der Waals surface area contributed by atoms with Gasteiger partial charge in [-0.05, 0) is 24.5 Å². The van der Waals surface area contributed by atoms with Gasteiger partial charge in [0.15, 0.2) is 0 Å². The Morgan fingerprint density at radius 2 is 1.27 bits per heavy atom. The van der Waals surface area contributed by atoms with Crippen molar-refractivity contribution in [2.75, 3.05) is 0 Å². The molecule has 5 atom stereocenters. The molecule has 0 aromatic heterocycles. The Hall–Kier alpha value is -1.68. The third-order valence-electron chi connectivity index (χ3n) is 5.31. The molecule has 0 aliphatic carbocycles. The smallest absolute Gasteiger partial charge is 0.111 e. The van der Waals surface area contributed by atoms with Gasteiger partial charge in [-0.3, -0.25) is 0 Å². The van der Waals surface area contributed by atoms with E-state index < -0.39 is 0 Å². The quantitative estimate of drug-likeness (QED) is 0.701. The largest absolute Gasteiger partial charge is 0.372 e. The monoisotopic (exact) mass is 354 g/mol. The third kappa shape index (κ3) is 4.73. The van der Waals surface area contributed by atoms with Crippen molar-refractivity contribution < 1.29 is 14.2 Å². The van der Waals surface area contributed by atoms with Crippen LogP contribution in [0.15, 0.2) is 60.7 Å². The van der Waals surface area contributed by atoms with Gasteiger partial charge in [-0.2, -0.15) is 0 Å². The fraction of sp³-hybridized carbons (Fsp3) is 0.478. The maximum atomic E-state index is 6.38. The van der Waals surface area contributed by atoms with Crippen LogP contribution in [0.2, 0.25) is 0 Å². The highest BCUT2D eigenvalue weighted by Crippen LogP contribution is 2.32. The van der Waals surface area contributed by atoms with E-state index in [9.17, 15) is 0 Å². The molecule has 3 nitrogen and oxygen atoms in total. The zero-order chi connectivity index (χ0) is 18.4. The van der Waals surface area contributed by atoms with Gasteiger partial charge < -0.3 is 14.2 Å². The fourth-order valence-corrected chi connectivity index (χ4v) is 3.57. The highest BCUT2D eigenvalue weighted by molar-refractivity contribution is 5.14. The lowest BCUT2D eigenvalue weighted by Crippen LogP contribution is -2.54. The third-order valence-corrected chi connectivity index (χ3v) is 5.31. The van der Waals surface area contributed by atoms with Crippen molar-refractivity contribution in [1.82, 2.24) is 0 Å². The Morgan fingerprint density at radius 1 is 0.769 bits per heavy atom. The Kier molecular flexibility index (Phi) is 6.84. The summed E-state index contributed by atoms with van der Waals surface area (Å²) in [6.45, 7) is 7.67. The lowest BCUT2D eigenvalue weighted by atomic mass is 9.87. The van der Waals surface area contributed by atoms with Crippen molar-refractivity contribution >= 4 is 0 Å². The van der Waals surface area contributed by atoms with Crippen LogP contribution in [0.4, 0.5) is 0 Å². The predicted molar refractivity (Wildman–Crippen MR) is 104 cm³/mol. The molecule has 0 amide bonds. The second-order valence-electron chi connectivity index (χ2n) is 7.17. The summed E-state index contributed by atoms with van der Waals surface area (Å²) in [5.74, 6) is 0.280. The van der Waals surface area contributed by atoms with E-state index in [2.05, 4.69) is 45.0 Å². The first-order valence-electron chi connectivity index (χ1n) is 9.65. The van der Waals surface area contributed by atoms with E-state index in [0.29, 0.717) is 13.2 Å². The summed E-state index contributed by atoms with van der Waals surface area (Å²) in [5, 5.41) is 0. The summed E-state index contributed by atoms with van der Waals surface area (Å²) in [6.07, 6.45) is 1.10. The molecule has 0 spiro atoms. The van der Waals surface area contributed by atoms with Crippen LogP contribution >= 0.6 is 0 Å². The molecule has 1 saturated heterocycles. The van der Waals surface area contributed by atoms with Crippen molar-refractivity contribution in [3.05, 3.63) is 71.8 Å². The van der Waals surface area contributed by atoms with E-state index in [1.807, 2.05) is 36.4 Å². The first-order chi connectivity index (χ1) is 12.7. The van der Waals surface area contributed by atoms with Gasteiger partial charge in [0.05, 0.1) is 31.5 Å². The van der Waals surface area contributed by atoms with Crippen LogP contribution in [0.3, 0.4) is 0 Å². The van der Waals surface area contributed by atoms with Gasteiger partial charge in [-0.25, -0.2) is 0 Å². The van der Waals surface area contributed by atoms with Gasteiger partial charge in [-0.15, -0.1) is 0 Å². The first-order valence-corrected chi connectivity index (χ1v) is 9.65. The molecule has 0 radical (unpaired) electrons. The SMILES string of the molecule is CCC1O[C@H](C)C(C)[C@H](OCc2ccccc2)[C@@H]1OCc1ccccc1. The molecule has 3 heteroatoms. The lowest BCUT2D eigenvalue weighted by molar-refractivity contribution is -0.228. The van der Waals surface area contributed by atoms with E-state index in [1.54, 1.807) is 0 Å². The Bertz CT molecular complexity index is 600. The summed E-state index contributed by atoms with van der Waals surface area (Å²) in [7, 11) is 0. The Labute approximate surface area is 157 Å². The molecule has 2 aromatic rings. The maximum Gasteiger partial charge on any atom is 0.111 e. The van der Waals surface area contributed by atoms with Crippen LogP contribution < -0.4 is 0 Å². The second kappa shape index (κ2) is 9.31. The molecule has 2 unspecified atom stereocenters. The average Bonchev–Trinajstić information content (AvgIpc) is 2.69. The van der Waals surface area contributed by atoms with Crippen LogP contribution in [-0.4, -0.2) is 24.4 Å². The zero-order valence-corrected chi connectivity index (χ0v) is 16.0. The maximum absolute atomic E-state index is 6.38. The van der Waals surface area contributed by atoms with Crippen LogP contribution in [0.1, 0.15) is 38.3 Å². The van der Waals surface area contributed by atoms with Gasteiger partial charge in [0.2, 0.25) is 0 Å². The van der Waals surface area contributed by atoms with Crippen LogP contribution in [0.25, 0.3) is 0 Å². The van der Waals surface area contributed by atoms with Gasteiger partial charge in [-0.1, -0.05) is 74.5 Å². The number of hydrogen-bond acceptors (Lipinski definition) is 3. The summed E-state index contributed by atoms with van der Waals surface area (Å²) < 4.78 is 18.9. The van der Waals surface area contributed by atoms with Gasteiger partial charge in [0, 0.05) is 5.92 Å². The molecular formula is C23H30O3. The van der Waals surface area contributed by atoms with Crippen molar-refractivity contribution in [2.45, 2.75) is 64.8 Å². The van der Waals surface area contributed by atoms with E-state index in [1.165, 1.54) is 11.1 Å². The van der Waals surface area contributed by atoms with Crippen LogP contribution in [0.5, 0.6) is 0 Å². The molecule has 26 heavy (non-hydrogen) atoms. The van der Waals surface area contributed by atoms with Gasteiger partial charge >= 0.3 is 0 Å². The highest BCUT2D eigenvalue weighted by atomic mass is 16.6. The Morgan fingerprint density at radius 3 is 1.77 bits per heavy atom. The minimum absolute atomic E-state index is 0.0209. The van der Waals surface area contributed by atoms with Crippen molar-refractivity contribution in [3.8, 4) is 0 Å². The Balaban J connectivity index is 1.71. The average molecular weight is 354 g/mol. The summed E-state index contributed by atoms with van der Waals surface area (Å²) in [4.78, 5) is 0. The van der Waals surface area contributed by atoms with E-state index >= 15 is 0 Å². The van der Waals surface area contributed by atoms with Crippen molar-refractivity contribution in [2.24, 2.45) is 5.92 Å². The predicted octanol–water partition coefficient (Wildman–Crippen LogP) is 4.99. The molecule has 3 rings (SSSR count). The number of ether oxygens (including phenoxy) is 3.